The molecule has 6 nitrogen and oxygen atoms in total. The van der Waals surface area contributed by atoms with Crippen molar-refractivity contribution in [2.45, 2.75) is 32.3 Å². The summed E-state index contributed by atoms with van der Waals surface area (Å²) in [7, 11) is 0. The molecule has 0 bridgehead atoms. The van der Waals surface area contributed by atoms with Crippen LogP contribution in [-0.2, 0) is 28.6 Å². The molecule has 0 saturated carbocycles. The van der Waals surface area contributed by atoms with Crippen molar-refractivity contribution < 1.29 is 28.6 Å². The number of carbonyl (C=O) groups excluding carboxylic acids is 3. The van der Waals surface area contributed by atoms with E-state index in [0.29, 0.717) is 6.42 Å². The summed E-state index contributed by atoms with van der Waals surface area (Å²) in [6.07, 6.45) is 2.96. The standard InChI is InChI=1S/C14H20O6/c1-4-7-8-14(17)20-11(9-18-12(15)5-2)10-19-13(16)6-3/h5-6,11H,2-4,7-10H2,1H3. The summed E-state index contributed by atoms with van der Waals surface area (Å²) in [5, 5.41) is 0. The van der Waals surface area contributed by atoms with Crippen LogP contribution >= 0.6 is 0 Å². The highest BCUT2D eigenvalue weighted by Gasteiger charge is 2.18. The van der Waals surface area contributed by atoms with Crippen LogP contribution in [0.25, 0.3) is 0 Å². The van der Waals surface area contributed by atoms with Gasteiger partial charge in [0.05, 0.1) is 0 Å². The average molecular weight is 284 g/mol. The van der Waals surface area contributed by atoms with E-state index >= 15 is 0 Å². The van der Waals surface area contributed by atoms with E-state index in [1.165, 1.54) is 0 Å². The quantitative estimate of drug-likeness (QED) is 0.344. The van der Waals surface area contributed by atoms with Crippen LogP contribution in [0.2, 0.25) is 0 Å². The molecule has 0 radical (unpaired) electrons. The zero-order valence-electron chi connectivity index (χ0n) is 11.6. The van der Waals surface area contributed by atoms with Crippen LogP contribution in [0.4, 0.5) is 0 Å². The molecule has 0 unspecified atom stereocenters. The molecule has 112 valence electrons. The minimum absolute atomic E-state index is 0.201. The zero-order chi connectivity index (χ0) is 15.4. The van der Waals surface area contributed by atoms with Crippen LogP contribution in [0.5, 0.6) is 0 Å². The second kappa shape index (κ2) is 10.8. The number of unbranched alkanes of at least 4 members (excludes halogenated alkanes) is 1. The van der Waals surface area contributed by atoms with Crippen molar-refractivity contribution in [2.24, 2.45) is 0 Å². The van der Waals surface area contributed by atoms with E-state index in [1.54, 1.807) is 0 Å². The molecule has 0 spiro atoms. The van der Waals surface area contributed by atoms with Gasteiger partial charge < -0.3 is 14.2 Å². The normalized spacial score (nSPS) is 9.70. The first kappa shape index (κ1) is 17.9. The van der Waals surface area contributed by atoms with Gasteiger partial charge >= 0.3 is 17.9 Å². The molecule has 0 aromatic heterocycles. The van der Waals surface area contributed by atoms with Crippen LogP contribution in [0.1, 0.15) is 26.2 Å². The highest BCUT2D eigenvalue weighted by atomic mass is 16.6. The lowest BCUT2D eigenvalue weighted by atomic mass is 10.2. The van der Waals surface area contributed by atoms with Gasteiger partial charge in [-0.05, 0) is 6.42 Å². The van der Waals surface area contributed by atoms with Gasteiger partial charge in [-0.3, -0.25) is 4.79 Å². The summed E-state index contributed by atoms with van der Waals surface area (Å²) in [4.78, 5) is 33.4. The molecule has 0 aliphatic heterocycles. The first-order chi connectivity index (χ1) is 9.53. The van der Waals surface area contributed by atoms with E-state index in [4.69, 9.17) is 14.2 Å². The highest BCUT2D eigenvalue weighted by molar-refractivity contribution is 5.81. The number of esters is 3. The van der Waals surface area contributed by atoms with Gasteiger partial charge in [0.2, 0.25) is 0 Å². The second-order valence-corrected chi connectivity index (χ2v) is 3.88. The maximum absolute atomic E-state index is 11.5. The predicted octanol–water partition coefficient (Wildman–Crippen LogP) is 1.55. The molecule has 20 heavy (non-hydrogen) atoms. The summed E-state index contributed by atoms with van der Waals surface area (Å²) >= 11 is 0. The third-order valence-electron chi connectivity index (χ3n) is 2.19. The molecule has 0 aromatic rings. The van der Waals surface area contributed by atoms with E-state index in [9.17, 15) is 14.4 Å². The van der Waals surface area contributed by atoms with Crippen LogP contribution in [0.15, 0.2) is 25.3 Å². The van der Waals surface area contributed by atoms with Crippen molar-refractivity contribution in [3.8, 4) is 0 Å². The van der Waals surface area contributed by atoms with Gasteiger partial charge in [0.25, 0.3) is 0 Å². The van der Waals surface area contributed by atoms with Crippen molar-refractivity contribution >= 4 is 17.9 Å². The number of ether oxygens (including phenoxy) is 3. The molecule has 0 aromatic carbocycles. The SMILES string of the molecule is C=CC(=O)OCC(COC(=O)C=C)OC(=O)CCCC. The molecule has 0 amide bonds. The van der Waals surface area contributed by atoms with E-state index in [-0.39, 0.29) is 19.6 Å². The molecule has 0 saturated heterocycles. The number of hydrogen-bond donors (Lipinski definition) is 0. The van der Waals surface area contributed by atoms with E-state index < -0.39 is 24.0 Å². The Kier molecular flexibility index (Phi) is 9.64. The predicted molar refractivity (Wildman–Crippen MR) is 71.7 cm³/mol. The maximum atomic E-state index is 11.5. The minimum Gasteiger partial charge on any atom is -0.458 e. The van der Waals surface area contributed by atoms with Gasteiger partial charge in [-0.25, -0.2) is 9.59 Å². The third-order valence-corrected chi connectivity index (χ3v) is 2.19. The van der Waals surface area contributed by atoms with E-state index in [2.05, 4.69) is 13.2 Å². The molecular formula is C14H20O6. The summed E-state index contributed by atoms with van der Waals surface area (Å²) in [6, 6.07) is 0. The van der Waals surface area contributed by atoms with Crippen molar-refractivity contribution in [3.63, 3.8) is 0 Å². The average Bonchev–Trinajstić information content (AvgIpc) is 2.46. The molecule has 0 heterocycles. The van der Waals surface area contributed by atoms with Crippen molar-refractivity contribution in [1.29, 1.82) is 0 Å². The first-order valence-corrected chi connectivity index (χ1v) is 6.31. The zero-order valence-corrected chi connectivity index (χ0v) is 11.6. The lowest BCUT2D eigenvalue weighted by Gasteiger charge is -2.17. The Labute approximate surface area is 118 Å². The Morgan fingerprint density at radius 3 is 1.95 bits per heavy atom. The topological polar surface area (TPSA) is 78.9 Å². The smallest absolute Gasteiger partial charge is 0.330 e. The van der Waals surface area contributed by atoms with Gasteiger partial charge in [0.1, 0.15) is 13.2 Å². The van der Waals surface area contributed by atoms with Gasteiger partial charge in [-0.1, -0.05) is 26.5 Å². The van der Waals surface area contributed by atoms with Crippen molar-refractivity contribution in [2.75, 3.05) is 13.2 Å². The molecule has 0 aliphatic carbocycles. The van der Waals surface area contributed by atoms with Gasteiger partial charge in [0.15, 0.2) is 6.10 Å². The van der Waals surface area contributed by atoms with E-state index in [1.807, 2.05) is 6.92 Å². The molecular weight excluding hydrogens is 264 g/mol. The molecule has 0 N–H and O–H groups in total. The summed E-state index contributed by atoms with van der Waals surface area (Å²) < 4.78 is 14.6. The Morgan fingerprint density at radius 1 is 1.05 bits per heavy atom. The fourth-order valence-corrected chi connectivity index (χ4v) is 1.15. The maximum Gasteiger partial charge on any atom is 0.330 e. The lowest BCUT2D eigenvalue weighted by Crippen LogP contribution is -2.30. The summed E-state index contributed by atoms with van der Waals surface area (Å²) in [5.41, 5.74) is 0. The minimum atomic E-state index is -0.841. The highest BCUT2D eigenvalue weighted by Crippen LogP contribution is 2.03. The fraction of sp³-hybridized carbons (Fsp3) is 0.500. The Balaban J connectivity index is 4.32. The van der Waals surface area contributed by atoms with Crippen LogP contribution < -0.4 is 0 Å². The molecule has 0 fully saturated rings. The van der Waals surface area contributed by atoms with Crippen molar-refractivity contribution in [3.05, 3.63) is 25.3 Å². The molecule has 0 atom stereocenters. The number of hydrogen-bond acceptors (Lipinski definition) is 6. The second-order valence-electron chi connectivity index (χ2n) is 3.88. The lowest BCUT2D eigenvalue weighted by molar-refractivity contribution is -0.163. The molecule has 0 aliphatic rings. The van der Waals surface area contributed by atoms with E-state index in [0.717, 1.165) is 18.6 Å². The van der Waals surface area contributed by atoms with Crippen LogP contribution in [-0.4, -0.2) is 37.2 Å². The van der Waals surface area contributed by atoms with Gasteiger partial charge in [-0.15, -0.1) is 0 Å². The molecule has 6 heteroatoms. The Bertz CT molecular complexity index is 337. The Hall–Kier alpha value is -2.11. The number of carbonyl (C=O) groups is 3. The summed E-state index contributed by atoms with van der Waals surface area (Å²) in [5.74, 6) is -1.72. The van der Waals surface area contributed by atoms with Crippen LogP contribution in [0.3, 0.4) is 0 Å². The fourth-order valence-electron chi connectivity index (χ4n) is 1.15. The van der Waals surface area contributed by atoms with Gasteiger partial charge in [-0.2, -0.15) is 0 Å². The third kappa shape index (κ3) is 8.91. The molecule has 0 rings (SSSR count). The number of rotatable bonds is 10. The monoisotopic (exact) mass is 284 g/mol. The first-order valence-electron chi connectivity index (χ1n) is 6.31. The largest absolute Gasteiger partial charge is 0.458 e. The summed E-state index contributed by atoms with van der Waals surface area (Å²) in [6.45, 7) is 8.04. The Morgan fingerprint density at radius 2 is 1.55 bits per heavy atom. The van der Waals surface area contributed by atoms with Crippen molar-refractivity contribution in [1.82, 2.24) is 0 Å². The van der Waals surface area contributed by atoms with Crippen LogP contribution in [0, 0.1) is 0 Å². The van der Waals surface area contributed by atoms with Gasteiger partial charge in [0, 0.05) is 18.6 Å².